The fourth-order valence-corrected chi connectivity index (χ4v) is 9.09. The number of rotatable bonds is 5. The van der Waals surface area contributed by atoms with Crippen LogP contribution in [0.25, 0.3) is 103 Å². The van der Waals surface area contributed by atoms with Gasteiger partial charge in [-0.05, 0) is 89.0 Å². The van der Waals surface area contributed by atoms with Gasteiger partial charge in [-0.2, -0.15) is 0 Å². The van der Waals surface area contributed by atoms with Crippen molar-refractivity contribution in [1.29, 1.82) is 0 Å². The average Bonchev–Trinajstić information content (AvgIpc) is 3.79. The quantitative estimate of drug-likeness (QED) is 0.178. The molecule has 0 atom stereocenters. The number of hydrogen-bond donors (Lipinski definition) is 0. The summed E-state index contributed by atoms with van der Waals surface area (Å²) in [5.41, 5.74) is 12.1. The predicted molar refractivity (Wildman–Crippen MR) is 229 cm³/mol. The molecule has 252 valence electrons. The molecule has 11 aromatic rings. The maximum atomic E-state index is 5.31. The molecule has 3 aromatic heterocycles. The summed E-state index contributed by atoms with van der Waals surface area (Å²) in [6, 6.07) is 67.3. The summed E-state index contributed by atoms with van der Waals surface area (Å²) >= 11 is 1.85. The van der Waals surface area contributed by atoms with Crippen molar-refractivity contribution in [2.45, 2.75) is 0 Å². The minimum Gasteiger partial charge on any atom is -0.309 e. The van der Waals surface area contributed by atoms with Gasteiger partial charge in [-0.1, -0.05) is 121 Å². The molecule has 0 bridgehead atoms. The largest absolute Gasteiger partial charge is 0.309 e. The van der Waals surface area contributed by atoms with E-state index in [-0.39, 0.29) is 0 Å². The molecule has 0 amide bonds. The standard InChI is InChI=1S/C50H31N3S/c1-3-12-32(13-4-1)49-43-31-34(35-23-26-46-41(29-35)39-18-7-9-20-45(39)53(46)38-16-5-2-6-17-38)22-25-44(43)51-50(52-49)37-15-11-14-33(28-37)36-24-27-48-42(30-36)40-19-8-10-21-47(40)54-48/h1-31H. The Kier molecular flexibility index (Phi) is 7.04. The minimum atomic E-state index is 0.716. The van der Waals surface area contributed by atoms with Crippen LogP contribution >= 0.6 is 11.3 Å². The molecule has 0 saturated carbocycles. The van der Waals surface area contributed by atoms with Crippen LogP contribution < -0.4 is 0 Å². The van der Waals surface area contributed by atoms with E-state index in [9.17, 15) is 0 Å². The van der Waals surface area contributed by atoms with Crippen molar-refractivity contribution in [2.24, 2.45) is 0 Å². The van der Waals surface area contributed by atoms with E-state index in [1.165, 1.54) is 47.5 Å². The number of fused-ring (bicyclic) bond motifs is 7. The van der Waals surface area contributed by atoms with Crippen molar-refractivity contribution >= 4 is 64.2 Å². The summed E-state index contributed by atoms with van der Waals surface area (Å²) in [5, 5.41) is 6.10. The number of aromatic nitrogens is 3. The smallest absolute Gasteiger partial charge is 0.160 e. The molecular formula is C50H31N3S. The van der Waals surface area contributed by atoms with Crippen LogP contribution in [0, 0.1) is 0 Å². The minimum absolute atomic E-state index is 0.716. The Balaban J connectivity index is 1.04. The number of nitrogens with zero attached hydrogens (tertiary/aromatic N) is 3. The number of thiophene rings is 1. The van der Waals surface area contributed by atoms with Gasteiger partial charge < -0.3 is 4.57 Å². The normalized spacial score (nSPS) is 11.7. The summed E-state index contributed by atoms with van der Waals surface area (Å²) in [5.74, 6) is 0.716. The summed E-state index contributed by atoms with van der Waals surface area (Å²) < 4.78 is 4.98. The first-order valence-electron chi connectivity index (χ1n) is 18.2. The second-order valence-corrected chi connectivity index (χ2v) is 14.9. The highest BCUT2D eigenvalue weighted by Gasteiger charge is 2.16. The van der Waals surface area contributed by atoms with Crippen LogP contribution in [0.5, 0.6) is 0 Å². The molecule has 0 radical (unpaired) electrons. The van der Waals surface area contributed by atoms with Crippen LogP contribution in [0.3, 0.4) is 0 Å². The van der Waals surface area contributed by atoms with Gasteiger partial charge in [-0.15, -0.1) is 11.3 Å². The van der Waals surface area contributed by atoms with Crippen LogP contribution in [0.4, 0.5) is 0 Å². The highest BCUT2D eigenvalue weighted by molar-refractivity contribution is 7.25. The summed E-state index contributed by atoms with van der Waals surface area (Å²) in [7, 11) is 0. The van der Waals surface area contributed by atoms with E-state index in [1.54, 1.807) is 0 Å². The van der Waals surface area contributed by atoms with E-state index in [2.05, 4.69) is 193 Å². The molecule has 3 heterocycles. The first-order chi connectivity index (χ1) is 26.7. The maximum absolute atomic E-state index is 5.31. The third-order valence-corrected chi connectivity index (χ3v) is 11.7. The molecule has 0 saturated heterocycles. The molecule has 0 N–H and O–H groups in total. The van der Waals surface area contributed by atoms with Crippen LogP contribution in [-0.2, 0) is 0 Å². The summed E-state index contributed by atoms with van der Waals surface area (Å²) in [4.78, 5) is 10.5. The van der Waals surface area contributed by atoms with Gasteiger partial charge in [0.2, 0.25) is 0 Å². The van der Waals surface area contributed by atoms with E-state index in [4.69, 9.17) is 9.97 Å². The second kappa shape index (κ2) is 12.4. The molecule has 8 aromatic carbocycles. The zero-order chi connectivity index (χ0) is 35.6. The molecule has 54 heavy (non-hydrogen) atoms. The molecule has 0 spiro atoms. The lowest BCUT2D eigenvalue weighted by Gasteiger charge is -2.12. The van der Waals surface area contributed by atoms with Gasteiger partial charge in [0.05, 0.1) is 22.2 Å². The number of hydrogen-bond acceptors (Lipinski definition) is 3. The Morgan fingerprint density at radius 2 is 0.944 bits per heavy atom. The van der Waals surface area contributed by atoms with Crippen molar-refractivity contribution in [2.75, 3.05) is 0 Å². The third-order valence-electron chi connectivity index (χ3n) is 10.6. The van der Waals surface area contributed by atoms with Gasteiger partial charge >= 0.3 is 0 Å². The van der Waals surface area contributed by atoms with Gasteiger partial charge in [0.25, 0.3) is 0 Å². The Bertz CT molecular complexity index is 3210. The lowest BCUT2D eigenvalue weighted by Crippen LogP contribution is -1.96. The van der Waals surface area contributed by atoms with E-state index in [0.29, 0.717) is 5.82 Å². The number of para-hydroxylation sites is 2. The molecule has 4 heteroatoms. The lowest BCUT2D eigenvalue weighted by atomic mass is 9.98. The Morgan fingerprint density at radius 1 is 0.352 bits per heavy atom. The van der Waals surface area contributed by atoms with E-state index in [1.807, 2.05) is 11.3 Å². The maximum Gasteiger partial charge on any atom is 0.160 e. The van der Waals surface area contributed by atoms with E-state index in [0.717, 1.165) is 50.1 Å². The Morgan fingerprint density at radius 3 is 1.80 bits per heavy atom. The first-order valence-corrected chi connectivity index (χ1v) is 19.1. The fraction of sp³-hybridized carbons (Fsp3) is 0. The molecule has 3 nitrogen and oxygen atoms in total. The van der Waals surface area contributed by atoms with E-state index >= 15 is 0 Å². The molecule has 0 unspecified atom stereocenters. The van der Waals surface area contributed by atoms with Crippen LogP contribution in [0.15, 0.2) is 188 Å². The highest BCUT2D eigenvalue weighted by atomic mass is 32.1. The van der Waals surface area contributed by atoms with Gasteiger partial charge in [0.1, 0.15) is 0 Å². The third kappa shape index (κ3) is 5.03. The second-order valence-electron chi connectivity index (χ2n) is 13.8. The summed E-state index contributed by atoms with van der Waals surface area (Å²) in [6.45, 7) is 0. The van der Waals surface area contributed by atoms with Crippen LogP contribution in [0.2, 0.25) is 0 Å². The molecule has 11 rings (SSSR count). The van der Waals surface area contributed by atoms with Crippen LogP contribution in [-0.4, -0.2) is 14.5 Å². The molecule has 0 aliphatic heterocycles. The first kappa shape index (κ1) is 30.7. The van der Waals surface area contributed by atoms with Crippen molar-refractivity contribution < 1.29 is 0 Å². The van der Waals surface area contributed by atoms with Gasteiger partial charge in [0.15, 0.2) is 5.82 Å². The average molecular weight is 706 g/mol. The van der Waals surface area contributed by atoms with E-state index < -0.39 is 0 Å². The van der Waals surface area contributed by atoms with Crippen LogP contribution in [0.1, 0.15) is 0 Å². The molecule has 0 fully saturated rings. The van der Waals surface area contributed by atoms with Crippen molar-refractivity contribution in [3.8, 4) is 50.6 Å². The zero-order valence-electron chi connectivity index (χ0n) is 29.1. The highest BCUT2D eigenvalue weighted by Crippen LogP contribution is 2.39. The van der Waals surface area contributed by atoms with Crippen molar-refractivity contribution in [1.82, 2.24) is 14.5 Å². The van der Waals surface area contributed by atoms with Crippen molar-refractivity contribution in [3.05, 3.63) is 188 Å². The zero-order valence-corrected chi connectivity index (χ0v) is 30.0. The predicted octanol–water partition coefficient (Wildman–Crippen LogP) is 13.8. The Labute approximate surface area is 316 Å². The van der Waals surface area contributed by atoms with Gasteiger partial charge in [0, 0.05) is 53.1 Å². The molecular weight excluding hydrogens is 675 g/mol. The van der Waals surface area contributed by atoms with Gasteiger partial charge in [-0.25, -0.2) is 9.97 Å². The lowest BCUT2D eigenvalue weighted by molar-refractivity contribution is 1.18. The monoisotopic (exact) mass is 705 g/mol. The Hall–Kier alpha value is -6.88. The SMILES string of the molecule is c1ccc(-c2nc(-c3cccc(-c4ccc5sc6ccccc6c5c4)c3)nc3ccc(-c4ccc5c(c4)c4ccccc4n5-c4ccccc4)cc23)cc1. The topological polar surface area (TPSA) is 30.7 Å². The molecule has 0 aliphatic rings. The summed E-state index contributed by atoms with van der Waals surface area (Å²) in [6.07, 6.45) is 0. The van der Waals surface area contributed by atoms with Crippen molar-refractivity contribution in [3.63, 3.8) is 0 Å². The van der Waals surface area contributed by atoms with Gasteiger partial charge in [-0.3, -0.25) is 0 Å². The number of benzene rings is 8. The fourth-order valence-electron chi connectivity index (χ4n) is 8.00. The molecule has 0 aliphatic carbocycles.